The van der Waals surface area contributed by atoms with Crippen molar-refractivity contribution in [1.29, 1.82) is 0 Å². The van der Waals surface area contributed by atoms with Crippen molar-refractivity contribution in [3.05, 3.63) is 215 Å². The number of nitrogens with zero attached hydrogens (tertiary/aromatic N) is 8. The summed E-state index contributed by atoms with van der Waals surface area (Å²) in [6.07, 6.45) is 5.86. The van der Waals surface area contributed by atoms with Crippen molar-refractivity contribution in [2.75, 3.05) is 34.4 Å². The van der Waals surface area contributed by atoms with Crippen LogP contribution in [0.4, 0.5) is 0 Å². The van der Waals surface area contributed by atoms with E-state index in [1.807, 2.05) is 109 Å². The predicted molar refractivity (Wildman–Crippen MR) is 383 cm³/mol. The van der Waals surface area contributed by atoms with Gasteiger partial charge >= 0.3 is 0 Å². The van der Waals surface area contributed by atoms with Gasteiger partial charge in [-0.1, -0.05) is 84.9 Å². The summed E-state index contributed by atoms with van der Waals surface area (Å²) in [5.74, 6) is 2.44. The van der Waals surface area contributed by atoms with Crippen LogP contribution >= 0.6 is 0 Å². The topological polar surface area (TPSA) is 373 Å². The molecule has 7 aromatic carbocycles. The standard InChI is InChI=1S/C71H65N13O13S4/c1-82(99(73,87)88)38-43-6-10-45(11-7-43)59-32-69(97-55-30-65-71(78-37-55)56(20-23-76-65)44-8-4-42(5-9-44)35-79-98(72,85)86)80-63-29-54(17-18-57(59)63)96-68-33-60(48-12-14-50-39-83(100(74,89)90)24-21-46(50)26-48)61-31-67(66(94-3)34-64(61)81-68)95-41-52-36-77-62-28-53(93-2)16-19-58(62)70(52)49-13-15-51-40-84(101(75,91)92)25-22-47(51)27-49/h4-20,23,26-34,36-37,79H,21-22,24-25,35,38-41H2,1-3H3,(H2,72,85,86)(H2,73,87,88)(H2,74,89,90)(H2,75,91,92). The number of fused-ring (bicyclic) bond motifs is 6. The monoisotopic (exact) mass is 1440 g/mol. The molecule has 0 radical (unpaired) electrons. The first-order valence-electron chi connectivity index (χ1n) is 31.4. The smallest absolute Gasteiger partial charge is 0.277 e. The van der Waals surface area contributed by atoms with Crippen LogP contribution in [0.5, 0.6) is 40.5 Å². The first-order valence-corrected chi connectivity index (χ1v) is 37.5. The van der Waals surface area contributed by atoms with E-state index < -0.39 is 40.8 Å². The highest BCUT2D eigenvalue weighted by molar-refractivity contribution is 7.87. The van der Waals surface area contributed by atoms with Crippen LogP contribution in [-0.2, 0) is 86.5 Å². The second-order valence-corrected chi connectivity index (χ2v) is 30.6. The third-order valence-corrected chi connectivity index (χ3v) is 21.5. The predicted octanol–water partition coefficient (Wildman–Crippen LogP) is 9.17. The van der Waals surface area contributed by atoms with Crippen LogP contribution in [0.1, 0.15) is 38.9 Å². The van der Waals surface area contributed by atoms with E-state index in [0.717, 1.165) is 70.9 Å². The van der Waals surface area contributed by atoms with Gasteiger partial charge < -0.3 is 23.7 Å². The Morgan fingerprint density at radius 2 is 1.07 bits per heavy atom. The van der Waals surface area contributed by atoms with Crippen molar-refractivity contribution in [3.63, 3.8) is 0 Å². The van der Waals surface area contributed by atoms with E-state index in [-0.39, 0.29) is 57.6 Å². The molecular weight excluding hydrogens is 1370 g/mol. The Bertz CT molecular complexity index is 5800. The van der Waals surface area contributed by atoms with Crippen molar-refractivity contribution in [2.24, 2.45) is 20.6 Å². The molecule has 0 fully saturated rings. The molecule has 12 aromatic rings. The van der Waals surface area contributed by atoms with Crippen LogP contribution in [0, 0.1) is 0 Å². The van der Waals surface area contributed by atoms with E-state index >= 15 is 0 Å². The number of aromatic nitrogens is 5. The van der Waals surface area contributed by atoms with Crippen LogP contribution in [0.15, 0.2) is 176 Å². The lowest BCUT2D eigenvalue weighted by Crippen LogP contribution is -2.40. The molecule has 0 saturated heterocycles. The van der Waals surface area contributed by atoms with Gasteiger partial charge in [0.2, 0.25) is 11.8 Å². The number of methoxy groups -OCH3 is 2. The van der Waals surface area contributed by atoms with Crippen LogP contribution in [0.25, 0.3) is 88.2 Å². The number of hydrogen-bond donors (Lipinski definition) is 5. The van der Waals surface area contributed by atoms with Crippen LogP contribution < -0.4 is 49.0 Å². The Labute approximate surface area is 581 Å². The Morgan fingerprint density at radius 1 is 0.495 bits per heavy atom. The quantitative estimate of drug-likeness (QED) is 0.0447. The van der Waals surface area contributed by atoms with E-state index in [2.05, 4.69) is 15.8 Å². The highest BCUT2D eigenvalue weighted by atomic mass is 32.2. The normalized spacial score (nSPS) is 13.9. The molecular formula is C71H65N13O13S4. The summed E-state index contributed by atoms with van der Waals surface area (Å²) in [7, 11) is -11.2. The van der Waals surface area contributed by atoms with Crippen molar-refractivity contribution in [2.45, 2.75) is 45.6 Å². The number of nitrogens with one attached hydrogen (secondary N) is 1. The van der Waals surface area contributed by atoms with Crippen molar-refractivity contribution in [1.82, 2.24) is 42.6 Å². The zero-order valence-electron chi connectivity index (χ0n) is 54.4. The largest absolute Gasteiger partial charge is 0.497 e. The van der Waals surface area contributed by atoms with E-state index in [1.54, 1.807) is 68.2 Å². The van der Waals surface area contributed by atoms with Crippen LogP contribution in [0.2, 0.25) is 0 Å². The molecule has 516 valence electrons. The Kier molecular flexibility index (Phi) is 18.2. The molecule has 2 aliphatic rings. The van der Waals surface area contributed by atoms with Crippen LogP contribution in [0.3, 0.4) is 0 Å². The average Bonchev–Trinajstić information content (AvgIpc) is 0.772. The summed E-state index contributed by atoms with van der Waals surface area (Å²) >= 11 is 0. The summed E-state index contributed by atoms with van der Waals surface area (Å²) in [6.45, 7) is 0.780. The number of hydrogen-bond acceptors (Lipinski definition) is 18. The Hall–Kier alpha value is -10.2. The summed E-state index contributed by atoms with van der Waals surface area (Å²) in [5, 5.41) is 23.9. The number of benzene rings is 7. The molecule has 0 aliphatic carbocycles. The lowest BCUT2D eigenvalue weighted by atomic mass is 9.91. The molecule has 26 nitrogen and oxygen atoms in total. The molecule has 14 rings (SSSR count). The maximum atomic E-state index is 12.5. The van der Waals surface area contributed by atoms with Crippen LogP contribution in [-0.4, -0.2) is 106 Å². The lowest BCUT2D eigenvalue weighted by molar-refractivity contribution is 0.285. The lowest BCUT2D eigenvalue weighted by Gasteiger charge is -2.27. The first-order chi connectivity index (χ1) is 48.3. The third-order valence-electron chi connectivity index (χ3n) is 17.9. The minimum atomic E-state index is -3.96. The molecule has 0 bridgehead atoms. The molecule has 0 amide bonds. The molecule has 5 aromatic heterocycles. The maximum absolute atomic E-state index is 12.5. The van der Waals surface area contributed by atoms with Gasteiger partial charge in [0, 0.05) is 122 Å². The van der Waals surface area contributed by atoms with Crippen molar-refractivity contribution in [3.8, 4) is 85.0 Å². The van der Waals surface area contributed by atoms with E-state index in [1.165, 1.54) is 22.8 Å². The highest BCUT2D eigenvalue weighted by Gasteiger charge is 2.28. The molecule has 101 heavy (non-hydrogen) atoms. The van der Waals surface area contributed by atoms with Gasteiger partial charge in [-0.2, -0.15) is 51.3 Å². The maximum Gasteiger partial charge on any atom is 0.277 e. The minimum Gasteiger partial charge on any atom is -0.497 e. The molecule has 0 unspecified atom stereocenters. The van der Waals surface area contributed by atoms with Gasteiger partial charge in [0.05, 0.1) is 48.0 Å². The summed E-state index contributed by atoms with van der Waals surface area (Å²) in [5.41, 5.74) is 14.7. The minimum absolute atomic E-state index is 0.0211. The van der Waals surface area contributed by atoms with Gasteiger partial charge in [-0.15, -0.1) is 0 Å². The molecule has 2 aliphatic heterocycles. The van der Waals surface area contributed by atoms with Crippen molar-refractivity contribution >= 4 is 84.6 Å². The van der Waals surface area contributed by atoms with Gasteiger partial charge in [-0.3, -0.25) is 15.0 Å². The SMILES string of the molecule is COc1ccc2c(-c3ccc4c(c3)CCN(S(N)(=O)=O)C4)c(COc3cc4c(-c5ccc6c(c5)CCN(S(N)(=O)=O)C6)cc(Oc5ccc6c(-c7ccc(CN(C)S(N)(=O)=O)cc7)cc(Oc7cnc8c(-c9ccc(CNS(N)(=O)=O)cc9)ccnc8c7)nc6c5)nc4cc3OC)cnc2c1. The summed E-state index contributed by atoms with van der Waals surface area (Å²) in [4.78, 5) is 24.4. The zero-order valence-corrected chi connectivity index (χ0v) is 57.7. The first kappa shape index (κ1) is 68.0. The molecule has 0 saturated carbocycles. The summed E-state index contributed by atoms with van der Waals surface area (Å²) < 4.78 is 135. The van der Waals surface area contributed by atoms with Gasteiger partial charge in [0.25, 0.3) is 40.8 Å². The molecule has 9 N–H and O–H groups in total. The number of rotatable bonds is 21. The fraction of sp³-hybridized carbons (Fsp3) is 0.169. The Balaban J connectivity index is 0.830. The molecule has 0 spiro atoms. The average molecular weight is 1440 g/mol. The summed E-state index contributed by atoms with van der Waals surface area (Å²) in [6, 6.07) is 48.4. The van der Waals surface area contributed by atoms with E-state index in [4.69, 9.17) is 64.2 Å². The fourth-order valence-electron chi connectivity index (χ4n) is 12.7. The van der Waals surface area contributed by atoms with Gasteiger partial charge in [-0.05, 0) is 122 Å². The second-order valence-electron chi connectivity index (χ2n) is 24.4. The number of pyridine rings is 5. The molecule has 0 atom stereocenters. The highest BCUT2D eigenvalue weighted by Crippen LogP contribution is 2.44. The molecule has 30 heteroatoms. The fourth-order valence-corrected chi connectivity index (χ4v) is 14.8. The molecule has 7 heterocycles. The number of ether oxygens (including phenoxy) is 5. The van der Waals surface area contributed by atoms with Crippen molar-refractivity contribution < 1.29 is 57.4 Å². The second kappa shape index (κ2) is 27.1. The van der Waals surface area contributed by atoms with E-state index in [0.29, 0.717) is 102 Å². The third kappa shape index (κ3) is 14.7. The van der Waals surface area contributed by atoms with Gasteiger partial charge in [0.15, 0.2) is 11.5 Å². The zero-order chi connectivity index (χ0) is 70.7. The number of nitrogens with two attached hydrogens (primary N) is 4. The van der Waals surface area contributed by atoms with Gasteiger partial charge in [0.1, 0.15) is 23.9 Å². The van der Waals surface area contributed by atoms with Gasteiger partial charge in [-0.25, -0.2) is 30.5 Å². The Morgan fingerprint density at radius 3 is 1.71 bits per heavy atom. The van der Waals surface area contributed by atoms with E-state index in [9.17, 15) is 33.7 Å².